The number of amides is 1. The van der Waals surface area contributed by atoms with E-state index in [1.165, 1.54) is 0 Å². The molecule has 0 aromatic rings. The van der Waals surface area contributed by atoms with E-state index in [2.05, 4.69) is 17.9 Å². The Balaban J connectivity index is 2.45. The van der Waals surface area contributed by atoms with Crippen LogP contribution in [-0.2, 0) is 14.3 Å². The zero-order valence-corrected chi connectivity index (χ0v) is 8.71. The fourth-order valence-electron chi connectivity index (χ4n) is 1.21. The van der Waals surface area contributed by atoms with Gasteiger partial charge in [-0.1, -0.05) is 6.92 Å². The van der Waals surface area contributed by atoms with Crippen LogP contribution in [0.25, 0.3) is 0 Å². The quantitative estimate of drug-likeness (QED) is 0.632. The summed E-state index contributed by atoms with van der Waals surface area (Å²) in [5.74, 6) is -0.159. The van der Waals surface area contributed by atoms with Crippen LogP contribution in [0.5, 0.6) is 0 Å². The van der Waals surface area contributed by atoms with Gasteiger partial charge < -0.3 is 14.8 Å². The van der Waals surface area contributed by atoms with Crippen LogP contribution >= 0.6 is 12.6 Å². The lowest BCUT2D eigenvalue weighted by atomic mass is 10.2. The highest BCUT2D eigenvalue weighted by atomic mass is 32.1. The van der Waals surface area contributed by atoms with Crippen molar-refractivity contribution in [2.45, 2.75) is 31.0 Å². The fourth-order valence-corrected chi connectivity index (χ4v) is 1.65. The van der Waals surface area contributed by atoms with Gasteiger partial charge in [0.25, 0.3) is 5.91 Å². The highest BCUT2D eigenvalue weighted by Crippen LogP contribution is 2.19. The summed E-state index contributed by atoms with van der Waals surface area (Å²) >= 11 is 4.20. The van der Waals surface area contributed by atoms with Crippen molar-refractivity contribution in [3.05, 3.63) is 0 Å². The van der Waals surface area contributed by atoms with Crippen molar-refractivity contribution in [3.63, 3.8) is 0 Å². The van der Waals surface area contributed by atoms with Gasteiger partial charge in [0.15, 0.2) is 6.10 Å². The minimum absolute atomic E-state index is 0.00996. The van der Waals surface area contributed by atoms with E-state index in [9.17, 15) is 4.79 Å². The van der Waals surface area contributed by atoms with E-state index in [1.807, 2.05) is 6.92 Å². The lowest BCUT2D eigenvalue weighted by molar-refractivity contribution is -0.167. The second-order valence-corrected chi connectivity index (χ2v) is 3.42. The largest absolute Gasteiger partial charge is 0.371 e. The third kappa shape index (κ3) is 2.59. The van der Waals surface area contributed by atoms with Gasteiger partial charge in [-0.3, -0.25) is 4.79 Å². The molecule has 0 aromatic carbocycles. The van der Waals surface area contributed by atoms with E-state index < -0.39 is 6.10 Å². The maximum atomic E-state index is 11.2. The number of nitrogens with one attached hydrogen (secondary N) is 1. The molecule has 13 heavy (non-hydrogen) atoms. The highest BCUT2D eigenvalue weighted by Gasteiger charge is 2.31. The lowest BCUT2D eigenvalue weighted by Crippen LogP contribution is -2.47. The molecule has 76 valence electrons. The molecule has 1 aliphatic heterocycles. The molecule has 0 radical (unpaired) electrons. The predicted octanol–water partition coefficient (Wildman–Crippen LogP) is 0.182. The SMILES string of the molecule is CC[C@@H]1OCC(C(=O)NC)OC1S. The molecule has 1 aliphatic rings. The normalized spacial score (nSPS) is 34.2. The van der Waals surface area contributed by atoms with E-state index in [-0.39, 0.29) is 17.4 Å². The van der Waals surface area contributed by atoms with E-state index in [0.29, 0.717) is 6.61 Å². The number of rotatable bonds is 2. The van der Waals surface area contributed by atoms with Crippen LogP contribution in [0.1, 0.15) is 13.3 Å². The molecule has 5 heteroatoms. The van der Waals surface area contributed by atoms with Crippen LogP contribution in [0, 0.1) is 0 Å². The Kier molecular flexibility index (Phi) is 4.02. The summed E-state index contributed by atoms with van der Waals surface area (Å²) < 4.78 is 10.8. The Bertz CT molecular complexity index is 188. The van der Waals surface area contributed by atoms with Crippen molar-refractivity contribution in [2.24, 2.45) is 0 Å². The first kappa shape index (κ1) is 10.8. The van der Waals surface area contributed by atoms with Crippen molar-refractivity contribution in [3.8, 4) is 0 Å². The molecule has 0 saturated carbocycles. The van der Waals surface area contributed by atoms with Gasteiger partial charge in [-0.15, -0.1) is 12.6 Å². The fraction of sp³-hybridized carbons (Fsp3) is 0.875. The second kappa shape index (κ2) is 4.83. The van der Waals surface area contributed by atoms with Crippen LogP contribution in [0.3, 0.4) is 0 Å². The summed E-state index contributed by atoms with van der Waals surface area (Å²) in [5.41, 5.74) is -0.305. The smallest absolute Gasteiger partial charge is 0.251 e. The second-order valence-electron chi connectivity index (χ2n) is 2.91. The molecule has 1 heterocycles. The molecule has 0 aromatic heterocycles. The Morgan fingerprint density at radius 1 is 1.69 bits per heavy atom. The lowest BCUT2D eigenvalue weighted by Gasteiger charge is -2.32. The molecule has 1 N–H and O–H groups in total. The van der Waals surface area contributed by atoms with Gasteiger partial charge >= 0.3 is 0 Å². The molecule has 0 aliphatic carbocycles. The molecule has 1 rings (SSSR count). The molecule has 0 spiro atoms. The van der Waals surface area contributed by atoms with Crippen LogP contribution in [0.4, 0.5) is 0 Å². The topological polar surface area (TPSA) is 47.6 Å². The van der Waals surface area contributed by atoms with Gasteiger partial charge in [0.2, 0.25) is 0 Å². The third-order valence-corrected chi connectivity index (χ3v) is 2.48. The summed E-state index contributed by atoms with van der Waals surface area (Å²) in [4.78, 5) is 11.2. The molecule has 2 unspecified atom stereocenters. The Morgan fingerprint density at radius 2 is 2.38 bits per heavy atom. The van der Waals surface area contributed by atoms with Crippen molar-refractivity contribution >= 4 is 18.5 Å². The summed E-state index contributed by atoms with van der Waals surface area (Å²) in [6.07, 6.45) is 0.314. The number of carbonyl (C=O) groups is 1. The van der Waals surface area contributed by atoms with Crippen molar-refractivity contribution in [2.75, 3.05) is 13.7 Å². The van der Waals surface area contributed by atoms with Gasteiger partial charge in [0, 0.05) is 7.05 Å². The number of likely N-dealkylation sites (N-methyl/N-ethyl adjacent to an activating group) is 1. The standard InChI is InChI=1S/C8H15NO3S/c1-3-5-8(13)12-6(4-11-5)7(10)9-2/h5-6,8,13H,3-4H2,1-2H3,(H,9,10)/t5-,6?,8?/m0/s1. The van der Waals surface area contributed by atoms with Crippen molar-refractivity contribution in [1.82, 2.24) is 5.32 Å². The van der Waals surface area contributed by atoms with Gasteiger partial charge in [-0.25, -0.2) is 0 Å². The Morgan fingerprint density at radius 3 is 2.85 bits per heavy atom. The van der Waals surface area contributed by atoms with Gasteiger partial charge in [-0.05, 0) is 6.42 Å². The number of hydrogen-bond donors (Lipinski definition) is 2. The number of hydrogen-bond acceptors (Lipinski definition) is 4. The Hall–Kier alpha value is -0.260. The van der Waals surface area contributed by atoms with Gasteiger partial charge in [0.05, 0.1) is 12.7 Å². The molecular formula is C8H15NO3S. The zero-order chi connectivity index (χ0) is 9.84. The summed E-state index contributed by atoms with van der Waals surface area (Å²) in [5, 5.41) is 2.51. The molecule has 4 nitrogen and oxygen atoms in total. The van der Waals surface area contributed by atoms with Gasteiger partial charge in [-0.2, -0.15) is 0 Å². The molecule has 1 amide bonds. The van der Waals surface area contributed by atoms with Crippen LogP contribution in [0.2, 0.25) is 0 Å². The first-order valence-corrected chi connectivity index (χ1v) is 4.87. The molecule has 1 fully saturated rings. The molecular weight excluding hydrogens is 190 g/mol. The average molecular weight is 205 g/mol. The zero-order valence-electron chi connectivity index (χ0n) is 7.82. The number of thiol groups is 1. The van der Waals surface area contributed by atoms with Crippen LogP contribution in [0.15, 0.2) is 0 Å². The minimum atomic E-state index is -0.518. The summed E-state index contributed by atoms with van der Waals surface area (Å²) in [6.45, 7) is 2.31. The van der Waals surface area contributed by atoms with E-state index in [1.54, 1.807) is 7.05 Å². The van der Waals surface area contributed by atoms with E-state index in [0.717, 1.165) is 6.42 Å². The monoisotopic (exact) mass is 205 g/mol. The predicted molar refractivity (Wildman–Crippen MR) is 51.7 cm³/mol. The Labute approximate surface area is 83.4 Å². The molecule has 0 bridgehead atoms. The van der Waals surface area contributed by atoms with Gasteiger partial charge in [0.1, 0.15) is 5.44 Å². The van der Waals surface area contributed by atoms with E-state index in [4.69, 9.17) is 9.47 Å². The van der Waals surface area contributed by atoms with Crippen LogP contribution in [-0.4, -0.2) is 37.2 Å². The first-order chi connectivity index (χ1) is 6.19. The minimum Gasteiger partial charge on any atom is -0.371 e. The van der Waals surface area contributed by atoms with Crippen molar-refractivity contribution < 1.29 is 14.3 Å². The maximum absolute atomic E-state index is 11.2. The van der Waals surface area contributed by atoms with Crippen molar-refractivity contribution in [1.29, 1.82) is 0 Å². The van der Waals surface area contributed by atoms with E-state index >= 15 is 0 Å². The third-order valence-electron chi connectivity index (χ3n) is 2.02. The summed E-state index contributed by atoms with van der Waals surface area (Å²) in [6, 6.07) is 0. The molecule has 1 saturated heterocycles. The number of carbonyl (C=O) groups excluding carboxylic acids is 1. The molecule has 3 atom stereocenters. The maximum Gasteiger partial charge on any atom is 0.251 e. The first-order valence-electron chi connectivity index (χ1n) is 4.35. The highest BCUT2D eigenvalue weighted by molar-refractivity contribution is 7.80. The van der Waals surface area contributed by atoms with Crippen LogP contribution < -0.4 is 5.32 Å². The summed E-state index contributed by atoms with van der Waals surface area (Å²) in [7, 11) is 1.57. The average Bonchev–Trinajstić information content (AvgIpc) is 2.16. The number of ether oxygens (including phenoxy) is 2.